The number of hydrogen-bond donors (Lipinski definition) is 1. The molecule has 1 N–H and O–H groups in total. The van der Waals surface area contributed by atoms with Crippen molar-refractivity contribution in [2.45, 2.75) is 13.0 Å². The zero-order valence-electron chi connectivity index (χ0n) is 11.5. The molecule has 106 valence electrons. The van der Waals surface area contributed by atoms with E-state index in [1.807, 2.05) is 0 Å². The fourth-order valence-corrected chi connectivity index (χ4v) is 1.99. The Morgan fingerprint density at radius 2 is 1.85 bits per heavy atom. The molecule has 2 rings (SSSR count). The van der Waals surface area contributed by atoms with Crippen molar-refractivity contribution in [1.29, 1.82) is 0 Å². The van der Waals surface area contributed by atoms with Crippen LogP contribution in [0.25, 0.3) is 0 Å². The van der Waals surface area contributed by atoms with Crippen molar-refractivity contribution in [3.63, 3.8) is 0 Å². The minimum atomic E-state index is -0.379. The molecule has 0 spiro atoms. The van der Waals surface area contributed by atoms with Gasteiger partial charge in [0.05, 0.1) is 6.04 Å². The summed E-state index contributed by atoms with van der Waals surface area (Å²) >= 11 is 0. The van der Waals surface area contributed by atoms with Gasteiger partial charge in [0, 0.05) is 5.56 Å². The van der Waals surface area contributed by atoms with Gasteiger partial charge in [0.2, 0.25) is 0 Å². The molecule has 2 nitrogen and oxygen atoms in total. The van der Waals surface area contributed by atoms with Gasteiger partial charge in [-0.15, -0.1) is 0 Å². The van der Waals surface area contributed by atoms with E-state index in [1.54, 1.807) is 50.4 Å². The molecule has 0 heterocycles. The van der Waals surface area contributed by atoms with E-state index >= 15 is 0 Å². The minimum absolute atomic E-state index is 0.151. The molecule has 1 unspecified atom stereocenters. The van der Waals surface area contributed by atoms with Crippen LogP contribution in [-0.2, 0) is 0 Å². The molecule has 0 aliphatic heterocycles. The van der Waals surface area contributed by atoms with Gasteiger partial charge in [0.25, 0.3) is 0 Å². The van der Waals surface area contributed by atoms with E-state index in [4.69, 9.17) is 4.74 Å². The molecule has 2 aromatic rings. The van der Waals surface area contributed by atoms with Gasteiger partial charge < -0.3 is 10.1 Å². The Morgan fingerprint density at radius 1 is 1.10 bits per heavy atom. The predicted molar refractivity (Wildman–Crippen MR) is 74.8 cm³/mol. The second kappa shape index (κ2) is 6.48. The van der Waals surface area contributed by atoms with E-state index in [2.05, 4.69) is 5.32 Å². The van der Waals surface area contributed by atoms with Crippen molar-refractivity contribution in [2.24, 2.45) is 0 Å². The van der Waals surface area contributed by atoms with Crippen molar-refractivity contribution in [1.82, 2.24) is 5.32 Å². The number of ether oxygens (including phenoxy) is 1. The first-order valence-electron chi connectivity index (χ1n) is 6.43. The molecule has 0 bridgehead atoms. The van der Waals surface area contributed by atoms with Crippen LogP contribution in [0.5, 0.6) is 5.75 Å². The molecule has 0 aliphatic carbocycles. The van der Waals surface area contributed by atoms with Crippen molar-refractivity contribution in [3.05, 3.63) is 65.2 Å². The van der Waals surface area contributed by atoms with Crippen LogP contribution in [-0.4, -0.2) is 13.7 Å². The summed E-state index contributed by atoms with van der Waals surface area (Å²) in [4.78, 5) is 0. The van der Waals surface area contributed by atoms with E-state index in [1.165, 1.54) is 6.07 Å². The molecular weight excluding hydrogens is 260 g/mol. The molecule has 1 atom stereocenters. The van der Waals surface area contributed by atoms with Gasteiger partial charge in [0.15, 0.2) is 11.6 Å². The van der Waals surface area contributed by atoms with Crippen LogP contribution < -0.4 is 10.1 Å². The molecule has 0 aromatic heterocycles. The standard InChI is InChI=1S/C16H17F2NO/c1-11-6-5-9-15(16(11)18)20-10-14(19-2)12-7-3-4-8-13(12)17/h3-9,14,19H,10H2,1-2H3. The Hall–Kier alpha value is -1.94. The van der Waals surface area contributed by atoms with Crippen LogP contribution in [0.1, 0.15) is 17.2 Å². The molecule has 0 radical (unpaired) electrons. The maximum atomic E-state index is 13.8. The summed E-state index contributed by atoms with van der Waals surface area (Å²) < 4.78 is 33.0. The summed E-state index contributed by atoms with van der Waals surface area (Å²) in [6.45, 7) is 1.83. The van der Waals surface area contributed by atoms with Crippen LogP contribution >= 0.6 is 0 Å². The van der Waals surface area contributed by atoms with Gasteiger partial charge in [-0.1, -0.05) is 30.3 Å². The van der Waals surface area contributed by atoms with Gasteiger partial charge in [-0.3, -0.25) is 0 Å². The quantitative estimate of drug-likeness (QED) is 0.901. The number of halogens is 2. The molecule has 0 aliphatic rings. The van der Waals surface area contributed by atoms with Gasteiger partial charge in [-0.05, 0) is 31.7 Å². The smallest absolute Gasteiger partial charge is 0.167 e. The summed E-state index contributed by atoms with van der Waals surface area (Å²) in [6, 6.07) is 11.1. The summed E-state index contributed by atoms with van der Waals surface area (Å²) in [7, 11) is 1.72. The summed E-state index contributed by atoms with van der Waals surface area (Å²) in [5.41, 5.74) is 1.03. The van der Waals surface area contributed by atoms with E-state index in [0.717, 1.165) is 0 Å². The molecule has 0 fully saturated rings. The number of aryl methyl sites for hydroxylation is 1. The summed E-state index contributed by atoms with van der Waals surface area (Å²) in [5.74, 6) is -0.502. The maximum absolute atomic E-state index is 13.8. The van der Waals surface area contributed by atoms with Crippen LogP contribution in [0, 0.1) is 18.6 Å². The molecule has 0 amide bonds. The monoisotopic (exact) mass is 277 g/mol. The Bertz CT molecular complexity index is 586. The molecule has 2 aromatic carbocycles. The third kappa shape index (κ3) is 3.14. The number of rotatable bonds is 5. The molecular formula is C16H17F2NO. The van der Waals surface area contributed by atoms with Crippen LogP contribution in [0.4, 0.5) is 8.78 Å². The van der Waals surface area contributed by atoms with Crippen LogP contribution in [0.2, 0.25) is 0 Å². The lowest BCUT2D eigenvalue weighted by atomic mass is 10.1. The Kier molecular flexibility index (Phi) is 4.69. The number of likely N-dealkylation sites (N-methyl/N-ethyl adjacent to an activating group) is 1. The van der Waals surface area contributed by atoms with Crippen LogP contribution in [0.3, 0.4) is 0 Å². The van der Waals surface area contributed by atoms with E-state index in [9.17, 15) is 8.78 Å². The van der Waals surface area contributed by atoms with Gasteiger partial charge in [-0.2, -0.15) is 0 Å². The molecule has 20 heavy (non-hydrogen) atoms. The fourth-order valence-electron chi connectivity index (χ4n) is 1.99. The number of nitrogens with one attached hydrogen (secondary N) is 1. The van der Waals surface area contributed by atoms with E-state index in [-0.39, 0.29) is 30.0 Å². The Balaban J connectivity index is 2.12. The molecule has 0 saturated carbocycles. The third-order valence-corrected chi connectivity index (χ3v) is 3.19. The normalized spacial score (nSPS) is 12.2. The maximum Gasteiger partial charge on any atom is 0.167 e. The Labute approximate surface area is 117 Å². The zero-order chi connectivity index (χ0) is 14.5. The molecule has 4 heteroatoms. The second-order valence-electron chi connectivity index (χ2n) is 4.56. The third-order valence-electron chi connectivity index (χ3n) is 3.19. The summed E-state index contributed by atoms with van der Waals surface area (Å²) in [5, 5.41) is 2.98. The first kappa shape index (κ1) is 14.5. The average Bonchev–Trinajstić information content (AvgIpc) is 2.45. The first-order valence-corrected chi connectivity index (χ1v) is 6.43. The van der Waals surface area contributed by atoms with Gasteiger partial charge in [0.1, 0.15) is 12.4 Å². The lowest BCUT2D eigenvalue weighted by Crippen LogP contribution is -2.24. The second-order valence-corrected chi connectivity index (χ2v) is 4.56. The highest BCUT2D eigenvalue weighted by Gasteiger charge is 2.15. The number of benzene rings is 2. The van der Waals surface area contributed by atoms with E-state index in [0.29, 0.717) is 11.1 Å². The predicted octanol–water partition coefficient (Wildman–Crippen LogP) is 3.61. The minimum Gasteiger partial charge on any atom is -0.489 e. The average molecular weight is 277 g/mol. The van der Waals surface area contributed by atoms with Crippen molar-refractivity contribution in [3.8, 4) is 5.75 Å². The van der Waals surface area contributed by atoms with Crippen LogP contribution in [0.15, 0.2) is 42.5 Å². The van der Waals surface area contributed by atoms with Gasteiger partial charge in [-0.25, -0.2) is 8.78 Å². The van der Waals surface area contributed by atoms with Crippen molar-refractivity contribution < 1.29 is 13.5 Å². The molecule has 0 saturated heterocycles. The van der Waals surface area contributed by atoms with Gasteiger partial charge >= 0.3 is 0 Å². The topological polar surface area (TPSA) is 21.3 Å². The highest BCUT2D eigenvalue weighted by molar-refractivity contribution is 5.30. The summed E-state index contributed by atoms with van der Waals surface area (Å²) in [6.07, 6.45) is 0. The Morgan fingerprint density at radius 3 is 2.55 bits per heavy atom. The first-order chi connectivity index (χ1) is 9.63. The lowest BCUT2D eigenvalue weighted by molar-refractivity contribution is 0.258. The van der Waals surface area contributed by atoms with Crippen molar-refractivity contribution in [2.75, 3.05) is 13.7 Å². The largest absolute Gasteiger partial charge is 0.489 e. The highest BCUT2D eigenvalue weighted by atomic mass is 19.1. The number of hydrogen-bond acceptors (Lipinski definition) is 2. The lowest BCUT2D eigenvalue weighted by Gasteiger charge is -2.18. The highest BCUT2D eigenvalue weighted by Crippen LogP contribution is 2.22. The zero-order valence-corrected chi connectivity index (χ0v) is 11.5. The fraction of sp³-hybridized carbons (Fsp3) is 0.250. The SMILES string of the molecule is CNC(COc1cccc(C)c1F)c1ccccc1F. The van der Waals surface area contributed by atoms with E-state index < -0.39 is 0 Å². The van der Waals surface area contributed by atoms with Crippen molar-refractivity contribution >= 4 is 0 Å².